The Morgan fingerprint density at radius 1 is 0.488 bits per heavy atom. The van der Waals surface area contributed by atoms with Gasteiger partial charge in [-0.3, -0.25) is 14.4 Å². The van der Waals surface area contributed by atoms with Crippen molar-refractivity contribution in [3.05, 3.63) is 0 Å². The molecule has 0 aromatic heterocycles. The van der Waals surface area contributed by atoms with Crippen LogP contribution in [-0.4, -0.2) is 350 Å². The Balaban J connectivity index is 1.24. The van der Waals surface area contributed by atoms with Gasteiger partial charge in [-0.25, -0.2) is 4.79 Å². The summed E-state index contributed by atoms with van der Waals surface area (Å²) in [4.78, 5) is 49.9. The number of rotatable bonds is 22. The summed E-state index contributed by atoms with van der Waals surface area (Å²) in [6.45, 7) is -3.43. The minimum absolute atomic E-state index is 0.800. The van der Waals surface area contributed by atoms with Crippen molar-refractivity contribution in [1.82, 2.24) is 16.0 Å². The number of hydrogen-bond donors (Lipinski definition) is 22. The van der Waals surface area contributed by atoms with Gasteiger partial charge in [0.15, 0.2) is 31.5 Å². The molecule has 3 amide bonds. The van der Waals surface area contributed by atoms with Crippen LogP contribution >= 0.6 is 0 Å². The van der Waals surface area contributed by atoms with Crippen molar-refractivity contribution in [3.63, 3.8) is 0 Å². The highest BCUT2D eigenvalue weighted by molar-refractivity contribution is 5.77. The smallest absolute Gasteiger partial charge is 0.364 e. The topological polar surface area (TPSA) is 590 Å². The molecule has 0 unspecified atom stereocenters. The molecular weight excluding hydrogens is 1130 g/mol. The van der Waals surface area contributed by atoms with E-state index in [2.05, 4.69) is 16.0 Å². The number of carbonyl (C=O) groups is 4. The molecule has 6 aliphatic rings. The van der Waals surface area contributed by atoms with Crippen molar-refractivity contribution >= 4 is 23.7 Å². The average molecular weight is 1200 g/mol. The molecule has 0 saturated carbocycles. The molecule has 0 radical (unpaired) electrons. The van der Waals surface area contributed by atoms with Crippen LogP contribution in [0.1, 0.15) is 27.2 Å². The second-order valence-electron chi connectivity index (χ2n) is 20.4. The van der Waals surface area contributed by atoms with Crippen LogP contribution in [0.5, 0.6) is 0 Å². The summed E-state index contributed by atoms with van der Waals surface area (Å²) >= 11 is 0. The summed E-state index contributed by atoms with van der Waals surface area (Å²) in [6.07, 6.45) is -55.8. The summed E-state index contributed by atoms with van der Waals surface area (Å²) in [6, 6.07) is -5.22. The van der Waals surface area contributed by atoms with E-state index in [4.69, 9.17) is 52.1 Å². The molecule has 22 N–H and O–H groups in total. The van der Waals surface area contributed by atoms with E-state index in [1.807, 2.05) is 0 Å². The number of hydrogen-bond acceptors (Lipinski definition) is 33. The van der Waals surface area contributed by atoms with Crippen molar-refractivity contribution in [3.8, 4) is 0 Å². The van der Waals surface area contributed by atoms with Gasteiger partial charge in [0, 0.05) is 27.2 Å². The largest absolute Gasteiger partial charge is 0.477 e. The van der Waals surface area contributed by atoms with Gasteiger partial charge in [0.1, 0.15) is 140 Å². The first-order chi connectivity index (χ1) is 38.6. The third kappa shape index (κ3) is 14.7. The molecule has 6 saturated heterocycles. The summed E-state index contributed by atoms with van der Waals surface area (Å²) in [5.41, 5.74) is 0. The molecule has 0 bridgehead atoms. The molecule has 37 nitrogen and oxygen atoms in total. The molecule has 6 aliphatic heterocycles. The summed E-state index contributed by atoms with van der Waals surface area (Å²) in [5, 5.41) is 212. The fourth-order valence-corrected chi connectivity index (χ4v) is 10.3. The van der Waals surface area contributed by atoms with E-state index < -0.39 is 259 Å². The highest BCUT2D eigenvalue weighted by atomic mass is 16.8. The maximum absolute atomic E-state index is 12.9. The molecule has 0 aromatic rings. The third-order valence-corrected chi connectivity index (χ3v) is 14.6. The number of carbonyl (C=O) groups excluding carboxylic acids is 3. The molecule has 31 atom stereocenters. The lowest BCUT2D eigenvalue weighted by Crippen LogP contribution is -2.70. The zero-order valence-corrected chi connectivity index (χ0v) is 43.9. The highest BCUT2D eigenvalue weighted by Crippen LogP contribution is 2.38. The number of carboxylic acids is 1. The SMILES string of the molecule is CC(=O)N[C@@H]1[C@@H](O[C@@H]2O[C@H](CO)[C@H](O)[C@H](O[C@@H]3O[C@H](CO)[C@H](O)[C@H](O[C@H]4O[C@H](CO)[C@H](O)[C@H](O[C@H]5O[C@H](CO)[C@H](O)[C@H](O)[C@H]5O)[C@H]4NC(C)=O)[C@H]3O)[C@H]2O)[C@@H](O)[C@@H](CO[C@]2(C(=O)O)C[C@H](O)[C@@H](NC(C)=O)[C@H]([C@H](O)[C@H](O)CO)O2)O[C@@H]1O. The maximum atomic E-state index is 12.9. The van der Waals surface area contributed by atoms with Crippen LogP contribution in [0.25, 0.3) is 0 Å². The van der Waals surface area contributed by atoms with E-state index in [-0.39, 0.29) is 0 Å². The Bertz CT molecular complexity index is 2090. The number of aliphatic hydroxyl groups excluding tert-OH is 18. The Hall–Kier alpha value is -3.28. The number of amides is 3. The lowest BCUT2D eigenvalue weighted by atomic mass is 9.88. The minimum Gasteiger partial charge on any atom is -0.477 e. The Morgan fingerprint density at radius 2 is 0.878 bits per heavy atom. The summed E-state index contributed by atoms with van der Waals surface area (Å²) < 4.78 is 62.6. The van der Waals surface area contributed by atoms with Crippen molar-refractivity contribution in [1.29, 1.82) is 0 Å². The van der Waals surface area contributed by atoms with Crippen LogP contribution < -0.4 is 16.0 Å². The van der Waals surface area contributed by atoms with Gasteiger partial charge >= 0.3 is 5.97 Å². The number of nitrogens with one attached hydrogen (secondary N) is 3. The fraction of sp³-hybridized carbons (Fsp3) is 0.911. The third-order valence-electron chi connectivity index (χ3n) is 14.6. The van der Waals surface area contributed by atoms with E-state index >= 15 is 0 Å². The van der Waals surface area contributed by atoms with Crippen LogP contribution in [0.2, 0.25) is 0 Å². The first-order valence-electron chi connectivity index (χ1n) is 25.7. The van der Waals surface area contributed by atoms with Crippen molar-refractivity contribution < 1.29 is 168 Å². The molecule has 82 heavy (non-hydrogen) atoms. The van der Waals surface area contributed by atoms with Crippen LogP contribution in [0.3, 0.4) is 0 Å². The molecule has 0 aliphatic carbocycles. The van der Waals surface area contributed by atoms with Gasteiger partial charge in [-0.2, -0.15) is 0 Å². The Morgan fingerprint density at radius 3 is 1.34 bits per heavy atom. The summed E-state index contributed by atoms with van der Waals surface area (Å²) in [7, 11) is 0. The van der Waals surface area contributed by atoms with Crippen LogP contribution in [0, 0.1) is 0 Å². The molecular formula is C45H75N3O34. The monoisotopic (exact) mass is 1200 g/mol. The van der Waals surface area contributed by atoms with Gasteiger partial charge in [-0.15, -0.1) is 0 Å². The van der Waals surface area contributed by atoms with Crippen molar-refractivity contribution in [2.75, 3.05) is 39.6 Å². The normalized spacial score (nSPS) is 46.3. The molecule has 37 heteroatoms. The van der Waals surface area contributed by atoms with E-state index in [1.165, 1.54) is 0 Å². The van der Waals surface area contributed by atoms with Crippen LogP contribution in [-0.2, 0) is 71.3 Å². The van der Waals surface area contributed by atoms with Gasteiger partial charge in [0.25, 0.3) is 5.79 Å². The van der Waals surface area contributed by atoms with Gasteiger partial charge in [-0.05, 0) is 0 Å². The predicted molar refractivity (Wildman–Crippen MR) is 251 cm³/mol. The molecule has 474 valence electrons. The van der Waals surface area contributed by atoms with E-state index in [0.717, 1.165) is 20.8 Å². The standard InChI is InChI=1S/C45H75N3O34/c1-11(54)46-21-14(57)4-45(44(70)71,82-36(21)24(59)15(58)5-49)72-10-20-29(64)34(22(39(69)73-20)47-12(2)55)78-42-33(68)38(28(63)19(9-53)76-42)81-43-32(67)37(27(62)18(8-52)77-43)80-40-23(48-13(3)56)35(26(61)17(7-51)74-40)79-41-31(66)30(65)25(60)16(6-50)75-41/h14-43,49-53,57-69H,4-10H2,1-3H3,(H,46,54)(H,47,55)(H,48,56)(H,70,71)/t14-,15+,16+,17+,18+,19+,20+,21+,22+,23+,24+,25-,26-,27-,28-,29-,30-,31+,32+,33+,34+,35+,36+,37-,38-,39-,40+,41+,42-,43-,45+/m0/s1. The van der Waals surface area contributed by atoms with E-state index in [1.54, 1.807) is 0 Å². The van der Waals surface area contributed by atoms with Gasteiger partial charge < -0.3 is 165 Å². The average Bonchev–Trinajstić information content (AvgIpc) is 3.57. The lowest BCUT2D eigenvalue weighted by Gasteiger charge is -2.50. The number of carboxylic acid groups (broad SMARTS) is 1. The lowest BCUT2D eigenvalue weighted by molar-refractivity contribution is -0.387. The molecule has 0 aromatic carbocycles. The quantitative estimate of drug-likeness (QED) is 0.0479. The second-order valence-corrected chi connectivity index (χ2v) is 20.4. The zero-order valence-electron chi connectivity index (χ0n) is 43.9. The van der Waals surface area contributed by atoms with Crippen molar-refractivity contribution in [2.45, 2.75) is 217 Å². The van der Waals surface area contributed by atoms with Gasteiger partial charge in [0.2, 0.25) is 17.7 Å². The molecule has 0 spiro atoms. The summed E-state index contributed by atoms with van der Waals surface area (Å²) in [5.74, 6) is -7.56. The Labute approximate surface area is 463 Å². The van der Waals surface area contributed by atoms with Crippen molar-refractivity contribution in [2.24, 2.45) is 0 Å². The molecule has 6 heterocycles. The molecule has 6 fully saturated rings. The van der Waals surface area contributed by atoms with Crippen LogP contribution in [0.15, 0.2) is 0 Å². The number of aliphatic hydroxyl groups is 18. The second kappa shape index (κ2) is 28.9. The van der Waals surface area contributed by atoms with Gasteiger partial charge in [0.05, 0.1) is 51.8 Å². The van der Waals surface area contributed by atoms with E-state index in [0.29, 0.717) is 0 Å². The number of aliphatic carboxylic acids is 1. The predicted octanol–water partition coefficient (Wildman–Crippen LogP) is -14.5. The minimum atomic E-state index is -3.01. The maximum Gasteiger partial charge on any atom is 0.364 e. The highest BCUT2D eigenvalue weighted by Gasteiger charge is 2.60. The van der Waals surface area contributed by atoms with Crippen LogP contribution in [0.4, 0.5) is 0 Å². The zero-order chi connectivity index (χ0) is 61.0. The first-order valence-corrected chi connectivity index (χ1v) is 25.7. The Kier molecular flexibility index (Phi) is 23.9. The molecule has 6 rings (SSSR count). The first kappa shape index (κ1) is 67.8. The van der Waals surface area contributed by atoms with Gasteiger partial charge in [-0.1, -0.05) is 0 Å². The number of ether oxygens (including phenoxy) is 11. The van der Waals surface area contributed by atoms with E-state index in [9.17, 15) is 116 Å². The fourth-order valence-electron chi connectivity index (χ4n) is 10.3.